The lowest BCUT2D eigenvalue weighted by atomic mass is 10.0. The number of H-pyrrole nitrogens is 1. The maximum atomic E-state index is 13.0. The van der Waals surface area contributed by atoms with E-state index in [0.29, 0.717) is 18.8 Å². The maximum absolute atomic E-state index is 13.0. The summed E-state index contributed by atoms with van der Waals surface area (Å²) in [7, 11) is 0. The van der Waals surface area contributed by atoms with Gasteiger partial charge in [-0.1, -0.05) is 60.7 Å². The third-order valence-electron chi connectivity index (χ3n) is 5.56. The van der Waals surface area contributed by atoms with E-state index in [2.05, 4.69) is 45.4 Å². The SMILES string of the molecule is O=C(c1cc(-c2cccc3ccccc23)n[nH]1)N1CCN(c2ccccc2)CC1. The molecule has 0 atom stereocenters. The third kappa shape index (κ3) is 3.36. The van der Waals surface area contributed by atoms with E-state index >= 15 is 0 Å². The van der Waals surface area contributed by atoms with Gasteiger partial charge in [0.05, 0.1) is 5.69 Å². The van der Waals surface area contributed by atoms with Crippen molar-refractivity contribution in [3.63, 3.8) is 0 Å². The highest BCUT2D eigenvalue weighted by atomic mass is 16.2. The summed E-state index contributed by atoms with van der Waals surface area (Å²) < 4.78 is 0. The fourth-order valence-corrected chi connectivity index (χ4v) is 3.99. The Morgan fingerprint density at radius 1 is 0.828 bits per heavy atom. The number of hydrogen-bond donors (Lipinski definition) is 1. The van der Waals surface area contributed by atoms with Crippen LogP contribution in [0.4, 0.5) is 5.69 Å². The number of amides is 1. The summed E-state index contributed by atoms with van der Waals surface area (Å²) in [6.45, 7) is 3.08. The van der Waals surface area contributed by atoms with Crippen LogP contribution in [0.2, 0.25) is 0 Å². The first kappa shape index (κ1) is 17.5. The zero-order valence-corrected chi connectivity index (χ0v) is 16.1. The molecule has 2 heterocycles. The van der Waals surface area contributed by atoms with Gasteiger partial charge in [0, 0.05) is 37.4 Å². The van der Waals surface area contributed by atoms with Gasteiger partial charge in [-0.15, -0.1) is 0 Å². The summed E-state index contributed by atoms with van der Waals surface area (Å²) in [5, 5.41) is 9.69. The Hall–Kier alpha value is -3.60. The van der Waals surface area contributed by atoms with Crippen LogP contribution in [-0.2, 0) is 0 Å². The first-order chi connectivity index (χ1) is 14.3. The molecule has 1 fully saturated rings. The summed E-state index contributed by atoms with van der Waals surface area (Å²) in [5.74, 6) is 0.0108. The monoisotopic (exact) mass is 382 g/mol. The number of carbonyl (C=O) groups excluding carboxylic acids is 1. The molecule has 5 rings (SSSR count). The number of aromatic nitrogens is 2. The normalized spacial score (nSPS) is 14.3. The molecule has 4 aromatic rings. The van der Waals surface area contributed by atoms with Gasteiger partial charge in [-0.3, -0.25) is 9.89 Å². The molecular formula is C24H22N4O. The smallest absolute Gasteiger partial charge is 0.272 e. The highest BCUT2D eigenvalue weighted by Gasteiger charge is 2.24. The van der Waals surface area contributed by atoms with Crippen LogP contribution < -0.4 is 4.90 Å². The summed E-state index contributed by atoms with van der Waals surface area (Å²) in [6, 6.07) is 26.6. The van der Waals surface area contributed by atoms with Crippen molar-refractivity contribution >= 4 is 22.4 Å². The number of para-hydroxylation sites is 1. The molecule has 0 radical (unpaired) electrons. The van der Waals surface area contributed by atoms with Gasteiger partial charge < -0.3 is 9.80 Å². The highest BCUT2D eigenvalue weighted by molar-refractivity contribution is 5.98. The zero-order valence-electron chi connectivity index (χ0n) is 16.1. The molecule has 1 aliphatic heterocycles. The number of aromatic amines is 1. The molecule has 0 spiro atoms. The lowest BCUT2D eigenvalue weighted by molar-refractivity contribution is 0.0741. The average molecular weight is 382 g/mol. The molecule has 144 valence electrons. The Balaban J connectivity index is 1.33. The second kappa shape index (κ2) is 7.43. The average Bonchev–Trinajstić information content (AvgIpc) is 3.29. The quantitative estimate of drug-likeness (QED) is 0.578. The van der Waals surface area contributed by atoms with Crippen LogP contribution in [0.25, 0.3) is 22.0 Å². The molecule has 0 bridgehead atoms. The van der Waals surface area contributed by atoms with Crippen LogP contribution in [0.1, 0.15) is 10.5 Å². The van der Waals surface area contributed by atoms with Crippen molar-refractivity contribution in [2.75, 3.05) is 31.1 Å². The van der Waals surface area contributed by atoms with Gasteiger partial charge >= 0.3 is 0 Å². The van der Waals surface area contributed by atoms with Gasteiger partial charge in [-0.2, -0.15) is 5.10 Å². The van der Waals surface area contributed by atoms with Gasteiger partial charge in [-0.25, -0.2) is 0 Å². The Morgan fingerprint density at radius 2 is 1.55 bits per heavy atom. The van der Waals surface area contributed by atoms with Crippen LogP contribution >= 0.6 is 0 Å². The lowest BCUT2D eigenvalue weighted by Gasteiger charge is -2.35. The van der Waals surface area contributed by atoms with Crippen molar-refractivity contribution in [2.24, 2.45) is 0 Å². The van der Waals surface area contributed by atoms with Crippen LogP contribution in [0.5, 0.6) is 0 Å². The van der Waals surface area contributed by atoms with Crippen molar-refractivity contribution < 1.29 is 4.79 Å². The van der Waals surface area contributed by atoms with Crippen LogP contribution in [0, 0.1) is 0 Å². The molecule has 5 nitrogen and oxygen atoms in total. The largest absolute Gasteiger partial charge is 0.368 e. The third-order valence-corrected chi connectivity index (χ3v) is 5.56. The van der Waals surface area contributed by atoms with Crippen LogP contribution in [0.3, 0.4) is 0 Å². The van der Waals surface area contributed by atoms with E-state index in [0.717, 1.165) is 35.1 Å². The van der Waals surface area contributed by atoms with E-state index in [9.17, 15) is 4.79 Å². The van der Waals surface area contributed by atoms with Crippen molar-refractivity contribution in [3.8, 4) is 11.3 Å². The van der Waals surface area contributed by atoms with E-state index in [1.165, 1.54) is 5.69 Å². The molecule has 0 saturated carbocycles. The Labute approximate surface area is 169 Å². The maximum Gasteiger partial charge on any atom is 0.272 e. The lowest BCUT2D eigenvalue weighted by Crippen LogP contribution is -2.48. The van der Waals surface area contributed by atoms with Crippen LogP contribution in [-0.4, -0.2) is 47.2 Å². The number of hydrogen-bond acceptors (Lipinski definition) is 3. The number of fused-ring (bicyclic) bond motifs is 1. The predicted octanol–water partition coefficient (Wildman–Crippen LogP) is 4.19. The number of carbonyl (C=O) groups is 1. The number of nitrogens with zero attached hydrogens (tertiary/aromatic N) is 3. The molecule has 1 N–H and O–H groups in total. The summed E-state index contributed by atoms with van der Waals surface area (Å²) in [4.78, 5) is 17.2. The fraction of sp³-hybridized carbons (Fsp3) is 0.167. The summed E-state index contributed by atoms with van der Waals surface area (Å²) in [5.41, 5.74) is 3.58. The van der Waals surface area contributed by atoms with Crippen molar-refractivity contribution in [1.29, 1.82) is 0 Å². The topological polar surface area (TPSA) is 52.2 Å². The summed E-state index contributed by atoms with van der Waals surface area (Å²) in [6.07, 6.45) is 0. The Bertz CT molecular complexity index is 1140. The molecule has 1 saturated heterocycles. The number of rotatable bonds is 3. The van der Waals surface area contributed by atoms with Crippen LogP contribution in [0.15, 0.2) is 78.9 Å². The van der Waals surface area contributed by atoms with Crippen molar-refractivity contribution in [2.45, 2.75) is 0 Å². The molecule has 1 aromatic heterocycles. The second-order valence-corrected chi connectivity index (χ2v) is 7.31. The number of anilines is 1. The molecule has 3 aromatic carbocycles. The van der Waals surface area contributed by atoms with Gasteiger partial charge in [0.1, 0.15) is 5.69 Å². The first-order valence-electron chi connectivity index (χ1n) is 9.92. The van der Waals surface area contributed by atoms with E-state index < -0.39 is 0 Å². The van der Waals surface area contributed by atoms with E-state index in [4.69, 9.17) is 0 Å². The molecule has 0 aliphatic carbocycles. The number of benzene rings is 3. The molecule has 0 unspecified atom stereocenters. The standard InChI is InChI=1S/C24H22N4O/c29-24(28-15-13-27(14-16-28)19-9-2-1-3-10-19)23-17-22(25-26-23)21-12-6-8-18-7-4-5-11-20(18)21/h1-12,17H,13-16H2,(H,25,26). The molecule has 1 amide bonds. The number of piperazine rings is 1. The first-order valence-corrected chi connectivity index (χ1v) is 9.92. The Morgan fingerprint density at radius 3 is 2.38 bits per heavy atom. The molecule has 5 heteroatoms. The van der Waals surface area contributed by atoms with Crippen molar-refractivity contribution in [1.82, 2.24) is 15.1 Å². The molecule has 29 heavy (non-hydrogen) atoms. The number of nitrogens with one attached hydrogen (secondary N) is 1. The van der Waals surface area contributed by atoms with Gasteiger partial charge in [0.2, 0.25) is 0 Å². The van der Waals surface area contributed by atoms with Gasteiger partial charge in [0.15, 0.2) is 0 Å². The minimum atomic E-state index is 0.0108. The van der Waals surface area contributed by atoms with E-state index in [-0.39, 0.29) is 5.91 Å². The van der Waals surface area contributed by atoms with Gasteiger partial charge in [0.25, 0.3) is 5.91 Å². The Kier molecular flexibility index (Phi) is 4.48. The zero-order chi connectivity index (χ0) is 19.6. The van der Waals surface area contributed by atoms with Crippen molar-refractivity contribution in [3.05, 3.63) is 84.6 Å². The van der Waals surface area contributed by atoms with Gasteiger partial charge in [-0.05, 0) is 29.0 Å². The van der Waals surface area contributed by atoms with E-state index in [1.54, 1.807) is 0 Å². The van der Waals surface area contributed by atoms with E-state index in [1.807, 2.05) is 53.4 Å². The highest BCUT2D eigenvalue weighted by Crippen LogP contribution is 2.28. The minimum Gasteiger partial charge on any atom is -0.368 e. The molecular weight excluding hydrogens is 360 g/mol. The minimum absolute atomic E-state index is 0.0108. The fourth-order valence-electron chi connectivity index (χ4n) is 3.99. The molecule has 1 aliphatic rings. The predicted molar refractivity (Wildman–Crippen MR) is 116 cm³/mol. The second-order valence-electron chi connectivity index (χ2n) is 7.31. The summed E-state index contributed by atoms with van der Waals surface area (Å²) >= 11 is 0.